The average molecular weight is 475 g/mol. The van der Waals surface area contributed by atoms with E-state index in [1.165, 1.54) is 0 Å². The van der Waals surface area contributed by atoms with Gasteiger partial charge >= 0.3 is 0 Å². The van der Waals surface area contributed by atoms with Gasteiger partial charge in [0.2, 0.25) is 5.91 Å². The number of nitrogens with one attached hydrogen (secondary N) is 3. The number of rotatable bonds is 5. The van der Waals surface area contributed by atoms with Gasteiger partial charge in [0.05, 0.1) is 40.7 Å². The van der Waals surface area contributed by atoms with E-state index >= 15 is 0 Å². The third-order valence-electron chi connectivity index (χ3n) is 6.03. The summed E-state index contributed by atoms with van der Waals surface area (Å²) in [7, 11) is 0. The Morgan fingerprint density at radius 1 is 0.833 bits per heavy atom. The fourth-order valence-electron chi connectivity index (χ4n) is 4.14. The molecular weight excluding hydrogens is 452 g/mol. The van der Waals surface area contributed by atoms with Crippen molar-refractivity contribution < 1.29 is 4.79 Å². The molecule has 9 heteroatoms. The summed E-state index contributed by atoms with van der Waals surface area (Å²) in [5.74, 6) is -0.184. The zero-order valence-corrected chi connectivity index (χ0v) is 19.6. The summed E-state index contributed by atoms with van der Waals surface area (Å²) < 4.78 is 0. The third-order valence-corrected chi connectivity index (χ3v) is 6.03. The summed E-state index contributed by atoms with van der Waals surface area (Å²) in [6.07, 6.45) is 10.4. The quantitative estimate of drug-likeness (QED) is 0.315. The number of fused-ring (bicyclic) bond motifs is 2. The average Bonchev–Trinajstić information content (AvgIpc) is 3.53. The number of pyridine rings is 4. The van der Waals surface area contributed by atoms with E-state index in [-0.39, 0.29) is 11.8 Å². The van der Waals surface area contributed by atoms with Crippen LogP contribution < -0.4 is 5.32 Å². The highest BCUT2D eigenvalue weighted by molar-refractivity contribution is 6.00. The predicted octanol–water partition coefficient (Wildman–Crippen LogP) is 5.22. The number of amides is 1. The first kappa shape index (κ1) is 21.6. The molecule has 9 nitrogen and oxygen atoms in total. The lowest BCUT2D eigenvalue weighted by Crippen LogP contribution is -2.17. The molecule has 176 valence electrons. The van der Waals surface area contributed by atoms with E-state index < -0.39 is 0 Å². The van der Waals surface area contributed by atoms with Crippen molar-refractivity contribution in [3.05, 3.63) is 73.6 Å². The van der Waals surface area contributed by atoms with Crippen LogP contribution in [-0.4, -0.2) is 41.0 Å². The molecule has 0 aliphatic heterocycles. The van der Waals surface area contributed by atoms with Crippen molar-refractivity contribution in [2.45, 2.75) is 13.8 Å². The Balaban J connectivity index is 1.41. The van der Waals surface area contributed by atoms with Gasteiger partial charge in [-0.2, -0.15) is 5.10 Å². The van der Waals surface area contributed by atoms with Crippen LogP contribution in [0.5, 0.6) is 0 Å². The van der Waals surface area contributed by atoms with Gasteiger partial charge in [0.25, 0.3) is 0 Å². The van der Waals surface area contributed by atoms with Gasteiger partial charge < -0.3 is 10.3 Å². The molecule has 1 amide bonds. The summed E-state index contributed by atoms with van der Waals surface area (Å²) in [6, 6.07) is 11.8. The highest BCUT2D eigenvalue weighted by Gasteiger charge is 2.16. The fraction of sp³-hybridized carbons (Fsp3) is 0.111. The van der Waals surface area contributed by atoms with Crippen molar-refractivity contribution in [2.24, 2.45) is 5.92 Å². The van der Waals surface area contributed by atoms with Crippen LogP contribution in [0.4, 0.5) is 5.69 Å². The predicted molar refractivity (Wildman–Crippen MR) is 139 cm³/mol. The van der Waals surface area contributed by atoms with Crippen molar-refractivity contribution in [1.82, 2.24) is 35.1 Å². The molecule has 0 spiro atoms. The molecule has 0 atom stereocenters. The SMILES string of the molecule is CC(C)C(=O)Nc1cncc(-c2cc3c(-c4cc5c(-c6ccncc6)nccc5[nH]4)n[nH]c3cn2)c1. The number of H-pyrrole nitrogens is 2. The highest BCUT2D eigenvalue weighted by Crippen LogP contribution is 2.33. The van der Waals surface area contributed by atoms with Gasteiger partial charge in [-0.3, -0.25) is 29.8 Å². The Labute approximate surface area is 206 Å². The van der Waals surface area contributed by atoms with Crippen LogP contribution >= 0.6 is 0 Å². The van der Waals surface area contributed by atoms with Crippen LogP contribution in [0.2, 0.25) is 0 Å². The minimum atomic E-state index is -0.123. The van der Waals surface area contributed by atoms with Gasteiger partial charge in [-0.1, -0.05) is 13.8 Å². The molecule has 0 aliphatic carbocycles. The third kappa shape index (κ3) is 3.86. The monoisotopic (exact) mass is 474 g/mol. The molecule has 0 aliphatic rings. The van der Waals surface area contributed by atoms with E-state index in [0.717, 1.165) is 55.7 Å². The summed E-state index contributed by atoms with van der Waals surface area (Å²) >= 11 is 0. The number of hydrogen-bond acceptors (Lipinski definition) is 6. The van der Waals surface area contributed by atoms with Crippen molar-refractivity contribution in [3.63, 3.8) is 0 Å². The van der Waals surface area contributed by atoms with Gasteiger partial charge in [0.15, 0.2) is 0 Å². The molecule has 0 radical (unpaired) electrons. The van der Waals surface area contributed by atoms with Crippen LogP contribution in [0.15, 0.2) is 73.6 Å². The molecule has 6 rings (SSSR count). The van der Waals surface area contributed by atoms with E-state index in [0.29, 0.717) is 5.69 Å². The van der Waals surface area contributed by atoms with Crippen molar-refractivity contribution in [3.8, 4) is 33.9 Å². The van der Waals surface area contributed by atoms with Crippen LogP contribution in [0.1, 0.15) is 13.8 Å². The molecule has 6 aromatic heterocycles. The lowest BCUT2D eigenvalue weighted by Gasteiger charge is -2.08. The van der Waals surface area contributed by atoms with Crippen molar-refractivity contribution in [2.75, 3.05) is 5.32 Å². The summed E-state index contributed by atoms with van der Waals surface area (Å²) in [5, 5.41) is 12.5. The lowest BCUT2D eigenvalue weighted by atomic mass is 10.1. The van der Waals surface area contributed by atoms with Gasteiger partial charge in [0.1, 0.15) is 5.69 Å². The molecule has 0 saturated heterocycles. The molecular formula is C27H22N8O. The maximum Gasteiger partial charge on any atom is 0.226 e. The van der Waals surface area contributed by atoms with Crippen LogP contribution in [0, 0.1) is 5.92 Å². The van der Waals surface area contributed by atoms with Crippen LogP contribution in [0.3, 0.4) is 0 Å². The molecule has 0 bridgehead atoms. The van der Waals surface area contributed by atoms with Gasteiger partial charge in [-0.05, 0) is 36.4 Å². The van der Waals surface area contributed by atoms with Crippen LogP contribution in [0.25, 0.3) is 55.7 Å². The second kappa shape index (κ2) is 8.70. The minimum absolute atomic E-state index is 0.0612. The number of carbonyl (C=O) groups is 1. The Morgan fingerprint density at radius 3 is 2.50 bits per heavy atom. The number of aromatic nitrogens is 7. The molecule has 36 heavy (non-hydrogen) atoms. The van der Waals surface area contributed by atoms with Gasteiger partial charge in [-0.25, -0.2) is 0 Å². The number of anilines is 1. The van der Waals surface area contributed by atoms with Gasteiger partial charge in [0, 0.05) is 58.1 Å². The molecule has 0 aromatic carbocycles. The second-order valence-corrected chi connectivity index (χ2v) is 8.83. The zero-order valence-electron chi connectivity index (χ0n) is 19.6. The van der Waals surface area contributed by atoms with E-state index in [2.05, 4.69) is 46.5 Å². The van der Waals surface area contributed by atoms with E-state index in [9.17, 15) is 4.79 Å². The van der Waals surface area contributed by atoms with Crippen molar-refractivity contribution in [1.29, 1.82) is 0 Å². The molecule has 6 aromatic rings. The lowest BCUT2D eigenvalue weighted by molar-refractivity contribution is -0.118. The molecule has 0 fully saturated rings. The summed E-state index contributed by atoms with van der Waals surface area (Å²) in [4.78, 5) is 33.2. The fourth-order valence-corrected chi connectivity index (χ4v) is 4.14. The first-order valence-electron chi connectivity index (χ1n) is 11.6. The van der Waals surface area contributed by atoms with E-state index in [4.69, 9.17) is 0 Å². The normalized spacial score (nSPS) is 11.4. The summed E-state index contributed by atoms with van der Waals surface area (Å²) in [5.41, 5.74) is 7.47. The topological polar surface area (TPSA) is 125 Å². The molecule has 0 unspecified atom stereocenters. The Hall–Kier alpha value is -4.92. The van der Waals surface area contributed by atoms with Gasteiger partial charge in [-0.15, -0.1) is 0 Å². The van der Waals surface area contributed by atoms with Crippen LogP contribution in [-0.2, 0) is 4.79 Å². The molecule has 0 saturated carbocycles. The first-order chi connectivity index (χ1) is 17.6. The smallest absolute Gasteiger partial charge is 0.226 e. The van der Waals surface area contributed by atoms with Crippen molar-refractivity contribution >= 4 is 33.4 Å². The Kier molecular flexibility index (Phi) is 5.22. The first-order valence-corrected chi connectivity index (χ1v) is 11.6. The molecule has 6 heterocycles. The number of carbonyl (C=O) groups excluding carboxylic acids is 1. The summed E-state index contributed by atoms with van der Waals surface area (Å²) in [6.45, 7) is 3.70. The standard InChI is InChI=1S/C27H22N8O/c1-15(2)27(36)32-18-9-17(12-29-13-18)22-10-20-24(14-31-22)34-35-26(20)23-11-19-21(33-23)5-8-30-25(19)16-3-6-28-7-4-16/h3-15,33H,1-2H3,(H,32,36)(H,34,35). The number of hydrogen-bond donors (Lipinski definition) is 3. The maximum absolute atomic E-state index is 12.1. The van der Waals surface area contributed by atoms with E-state index in [1.54, 1.807) is 37.2 Å². The minimum Gasteiger partial charge on any atom is -0.353 e. The second-order valence-electron chi connectivity index (χ2n) is 8.83. The number of nitrogens with zero attached hydrogens (tertiary/aromatic N) is 5. The highest BCUT2D eigenvalue weighted by atomic mass is 16.1. The number of aromatic amines is 2. The Bertz CT molecular complexity index is 1720. The zero-order chi connectivity index (χ0) is 24.6. The van der Waals surface area contributed by atoms with E-state index in [1.807, 2.05) is 44.2 Å². The Morgan fingerprint density at radius 2 is 1.67 bits per heavy atom. The maximum atomic E-state index is 12.1. The largest absolute Gasteiger partial charge is 0.353 e. The molecule has 3 N–H and O–H groups in total.